The third-order valence-corrected chi connectivity index (χ3v) is 4.18. The van der Waals surface area contributed by atoms with Crippen molar-refractivity contribution >= 4 is 22.6 Å². The van der Waals surface area contributed by atoms with Gasteiger partial charge >= 0.3 is 5.63 Å². The molecule has 0 aliphatic heterocycles. The number of fused-ring (bicyclic) bond motifs is 1. The lowest BCUT2D eigenvalue weighted by Crippen LogP contribution is -2.31. The number of nitrogens with one attached hydrogen (secondary N) is 1. The van der Waals surface area contributed by atoms with Crippen molar-refractivity contribution in [3.8, 4) is 16.9 Å². The summed E-state index contributed by atoms with van der Waals surface area (Å²) in [6, 6.07) is 12.2. The molecule has 3 rings (SSSR count). The predicted octanol–water partition coefficient (Wildman–Crippen LogP) is 3.52. The lowest BCUT2D eigenvalue weighted by molar-refractivity contribution is -0.384. The Morgan fingerprint density at radius 3 is 2.55 bits per heavy atom. The lowest BCUT2D eigenvalue weighted by atomic mass is 10.0. The van der Waals surface area contributed by atoms with E-state index in [9.17, 15) is 19.7 Å². The van der Waals surface area contributed by atoms with Gasteiger partial charge < -0.3 is 14.5 Å². The van der Waals surface area contributed by atoms with E-state index in [0.717, 1.165) is 0 Å². The average Bonchev–Trinajstić information content (AvgIpc) is 2.69. The Morgan fingerprint density at radius 2 is 1.90 bits per heavy atom. The summed E-state index contributed by atoms with van der Waals surface area (Å²) in [5, 5.41) is 14.2. The van der Waals surface area contributed by atoms with Gasteiger partial charge in [0.2, 0.25) is 0 Å². The zero-order chi connectivity index (χ0) is 21.0. The first-order valence-corrected chi connectivity index (χ1v) is 9.05. The SMILES string of the molecule is CC(C)CNC(=O)COc1ccc2c(-c3ccc([N+](=O)[O-])cc3)cc(=O)oc2c1. The van der Waals surface area contributed by atoms with E-state index in [2.05, 4.69) is 5.32 Å². The van der Waals surface area contributed by atoms with Gasteiger partial charge in [-0.05, 0) is 41.3 Å². The van der Waals surface area contributed by atoms with Crippen LogP contribution in [0.15, 0.2) is 57.7 Å². The summed E-state index contributed by atoms with van der Waals surface area (Å²) in [4.78, 5) is 34.1. The second-order valence-electron chi connectivity index (χ2n) is 6.93. The predicted molar refractivity (Wildman–Crippen MR) is 108 cm³/mol. The Labute approximate surface area is 166 Å². The fourth-order valence-electron chi connectivity index (χ4n) is 2.75. The van der Waals surface area contributed by atoms with Crippen molar-refractivity contribution in [2.24, 2.45) is 5.92 Å². The molecule has 0 saturated heterocycles. The maximum absolute atomic E-state index is 12.0. The van der Waals surface area contributed by atoms with Crippen molar-refractivity contribution in [2.75, 3.05) is 13.2 Å². The number of nitro groups is 1. The number of carbonyl (C=O) groups is 1. The van der Waals surface area contributed by atoms with Gasteiger partial charge in [0.15, 0.2) is 6.61 Å². The minimum atomic E-state index is -0.558. The summed E-state index contributed by atoms with van der Waals surface area (Å²) in [6.45, 7) is 4.40. The van der Waals surface area contributed by atoms with Crippen LogP contribution in [-0.2, 0) is 4.79 Å². The largest absolute Gasteiger partial charge is 0.484 e. The molecule has 0 atom stereocenters. The van der Waals surface area contributed by atoms with Crippen LogP contribution in [0.25, 0.3) is 22.1 Å². The Bertz CT molecular complexity index is 1100. The molecule has 0 spiro atoms. The van der Waals surface area contributed by atoms with E-state index in [1.807, 2.05) is 13.8 Å². The number of hydrogen-bond acceptors (Lipinski definition) is 6. The van der Waals surface area contributed by atoms with E-state index in [1.165, 1.54) is 18.2 Å². The highest BCUT2D eigenvalue weighted by molar-refractivity contribution is 5.94. The van der Waals surface area contributed by atoms with Crippen molar-refractivity contribution < 1.29 is 18.9 Å². The maximum Gasteiger partial charge on any atom is 0.336 e. The second-order valence-corrected chi connectivity index (χ2v) is 6.93. The van der Waals surface area contributed by atoms with Gasteiger partial charge in [0, 0.05) is 36.2 Å². The maximum atomic E-state index is 12.0. The van der Waals surface area contributed by atoms with Crippen LogP contribution in [0.3, 0.4) is 0 Å². The molecule has 29 heavy (non-hydrogen) atoms. The van der Waals surface area contributed by atoms with Crippen molar-refractivity contribution in [3.05, 3.63) is 69.1 Å². The Morgan fingerprint density at radius 1 is 1.17 bits per heavy atom. The van der Waals surface area contributed by atoms with Gasteiger partial charge in [-0.25, -0.2) is 4.79 Å². The van der Waals surface area contributed by atoms with Crippen LogP contribution in [-0.4, -0.2) is 24.0 Å². The van der Waals surface area contributed by atoms with Crippen LogP contribution in [0.2, 0.25) is 0 Å². The van der Waals surface area contributed by atoms with E-state index >= 15 is 0 Å². The average molecular weight is 396 g/mol. The Hall–Kier alpha value is -3.68. The van der Waals surface area contributed by atoms with Gasteiger partial charge in [0.05, 0.1) is 4.92 Å². The van der Waals surface area contributed by atoms with Gasteiger partial charge in [-0.1, -0.05) is 13.8 Å². The third-order valence-electron chi connectivity index (χ3n) is 4.18. The number of nitro benzene ring substituents is 1. The first-order valence-electron chi connectivity index (χ1n) is 9.05. The van der Waals surface area contributed by atoms with Crippen molar-refractivity contribution in [1.29, 1.82) is 0 Å². The molecular weight excluding hydrogens is 376 g/mol. The molecule has 150 valence electrons. The molecule has 1 aromatic heterocycles. The van der Waals surface area contributed by atoms with Crippen LogP contribution in [0.5, 0.6) is 5.75 Å². The van der Waals surface area contributed by atoms with Gasteiger partial charge in [-0.2, -0.15) is 0 Å². The van der Waals surface area contributed by atoms with Crippen LogP contribution in [0.4, 0.5) is 5.69 Å². The van der Waals surface area contributed by atoms with E-state index < -0.39 is 10.5 Å². The second kappa shape index (κ2) is 8.55. The quantitative estimate of drug-likeness (QED) is 0.371. The fourth-order valence-corrected chi connectivity index (χ4v) is 2.75. The van der Waals surface area contributed by atoms with E-state index in [-0.39, 0.29) is 18.2 Å². The highest BCUT2D eigenvalue weighted by Crippen LogP contribution is 2.30. The zero-order valence-electron chi connectivity index (χ0n) is 16.0. The number of non-ortho nitro benzene ring substituents is 1. The molecule has 8 heteroatoms. The molecule has 0 radical (unpaired) electrons. The summed E-state index contributed by atoms with van der Waals surface area (Å²) >= 11 is 0. The number of carbonyl (C=O) groups excluding carboxylic acids is 1. The molecule has 1 N–H and O–H groups in total. The minimum absolute atomic E-state index is 0.0348. The van der Waals surface area contributed by atoms with Crippen molar-refractivity contribution in [3.63, 3.8) is 0 Å². The molecule has 0 aliphatic carbocycles. The lowest BCUT2D eigenvalue weighted by Gasteiger charge is -2.10. The summed E-state index contributed by atoms with van der Waals surface area (Å²) in [5.41, 5.74) is 0.943. The number of rotatable bonds is 7. The monoisotopic (exact) mass is 396 g/mol. The van der Waals surface area contributed by atoms with Crippen LogP contribution in [0.1, 0.15) is 13.8 Å². The molecule has 3 aromatic rings. The van der Waals surface area contributed by atoms with Crippen LogP contribution in [0, 0.1) is 16.0 Å². The standard InChI is InChI=1S/C21H20N2O6/c1-13(2)11-22-20(24)12-28-16-7-8-17-18(10-21(25)29-19(17)9-16)14-3-5-15(6-4-14)23(26)27/h3-10,13H,11-12H2,1-2H3,(H,22,24). The number of hydrogen-bond donors (Lipinski definition) is 1. The molecule has 0 aliphatic rings. The molecule has 2 aromatic carbocycles. The van der Waals surface area contributed by atoms with Crippen LogP contribution < -0.4 is 15.7 Å². The smallest absolute Gasteiger partial charge is 0.336 e. The van der Waals surface area contributed by atoms with E-state index in [1.54, 1.807) is 30.3 Å². The summed E-state index contributed by atoms with van der Waals surface area (Å²) in [5.74, 6) is 0.493. The van der Waals surface area contributed by atoms with Crippen molar-refractivity contribution in [2.45, 2.75) is 13.8 Å². The van der Waals surface area contributed by atoms with Crippen LogP contribution >= 0.6 is 0 Å². The third kappa shape index (κ3) is 4.98. The highest BCUT2D eigenvalue weighted by Gasteiger charge is 2.12. The van der Waals surface area contributed by atoms with E-state index in [0.29, 0.717) is 40.3 Å². The van der Waals surface area contributed by atoms with E-state index in [4.69, 9.17) is 9.15 Å². The molecule has 1 heterocycles. The van der Waals surface area contributed by atoms with Gasteiger partial charge in [-0.15, -0.1) is 0 Å². The first kappa shape index (κ1) is 20.1. The van der Waals surface area contributed by atoms with Crippen molar-refractivity contribution in [1.82, 2.24) is 5.32 Å². The molecule has 0 fully saturated rings. The Balaban J connectivity index is 1.85. The fraction of sp³-hybridized carbons (Fsp3) is 0.238. The topological polar surface area (TPSA) is 112 Å². The molecule has 1 amide bonds. The molecule has 8 nitrogen and oxygen atoms in total. The summed E-state index contributed by atoms with van der Waals surface area (Å²) in [6.07, 6.45) is 0. The Kier molecular flexibility index (Phi) is 5.92. The van der Waals surface area contributed by atoms with Gasteiger partial charge in [0.1, 0.15) is 11.3 Å². The zero-order valence-corrected chi connectivity index (χ0v) is 16.0. The van der Waals surface area contributed by atoms with Gasteiger partial charge in [-0.3, -0.25) is 14.9 Å². The number of amides is 1. The summed E-state index contributed by atoms with van der Waals surface area (Å²) < 4.78 is 10.8. The first-order chi connectivity index (χ1) is 13.8. The minimum Gasteiger partial charge on any atom is -0.484 e. The molecule has 0 unspecified atom stereocenters. The molecular formula is C21H20N2O6. The number of benzene rings is 2. The van der Waals surface area contributed by atoms with Gasteiger partial charge in [0.25, 0.3) is 11.6 Å². The highest BCUT2D eigenvalue weighted by atomic mass is 16.6. The number of nitrogens with zero attached hydrogens (tertiary/aromatic N) is 1. The molecule has 0 saturated carbocycles. The normalized spacial score (nSPS) is 10.9. The summed E-state index contributed by atoms with van der Waals surface area (Å²) in [7, 11) is 0. The molecule has 0 bridgehead atoms. The number of ether oxygens (including phenoxy) is 1.